The van der Waals surface area contributed by atoms with Crippen molar-refractivity contribution in [3.05, 3.63) is 23.8 Å². The van der Waals surface area contributed by atoms with Crippen LogP contribution in [0.3, 0.4) is 0 Å². The number of rotatable bonds is 3. The van der Waals surface area contributed by atoms with E-state index in [0.717, 1.165) is 24.8 Å². The van der Waals surface area contributed by atoms with E-state index in [1.165, 1.54) is 24.1 Å². The quantitative estimate of drug-likeness (QED) is 0.917. The number of nitrogens with zero attached hydrogens (tertiary/aromatic N) is 1. The highest BCUT2D eigenvalue weighted by atomic mass is 16.5. The first-order valence-electron chi connectivity index (χ1n) is 7.70. The molecule has 1 aromatic rings. The number of benzene rings is 1. The van der Waals surface area contributed by atoms with Gasteiger partial charge < -0.3 is 15.0 Å². The molecule has 1 saturated heterocycles. The number of hydrogen-bond acceptors (Lipinski definition) is 3. The van der Waals surface area contributed by atoms with E-state index in [0.29, 0.717) is 6.04 Å². The Balaban J connectivity index is 1.87. The van der Waals surface area contributed by atoms with Crippen molar-refractivity contribution in [2.75, 3.05) is 25.1 Å². The van der Waals surface area contributed by atoms with Crippen LogP contribution in [0.1, 0.15) is 32.3 Å². The van der Waals surface area contributed by atoms with Gasteiger partial charge in [-0.05, 0) is 63.3 Å². The first-order valence-corrected chi connectivity index (χ1v) is 7.70. The summed E-state index contributed by atoms with van der Waals surface area (Å²) in [4.78, 5) is 2.57. The zero-order valence-electron chi connectivity index (χ0n) is 13.1. The van der Waals surface area contributed by atoms with E-state index in [2.05, 4.69) is 49.2 Å². The number of methoxy groups -OCH3 is 1. The van der Waals surface area contributed by atoms with Crippen molar-refractivity contribution in [2.45, 2.75) is 45.2 Å². The number of anilines is 1. The fraction of sp³-hybridized carbons (Fsp3) is 0.647. The summed E-state index contributed by atoms with van der Waals surface area (Å²) in [5.41, 5.74) is 2.93. The Morgan fingerprint density at radius 3 is 2.70 bits per heavy atom. The Hall–Kier alpha value is -1.22. The summed E-state index contributed by atoms with van der Waals surface area (Å²) in [5.74, 6) is 1.80. The molecule has 110 valence electrons. The maximum absolute atomic E-state index is 5.32. The molecule has 0 bridgehead atoms. The summed E-state index contributed by atoms with van der Waals surface area (Å²) in [5, 5.41) is 3.78. The summed E-state index contributed by atoms with van der Waals surface area (Å²) in [6, 6.07) is 6.96. The fourth-order valence-corrected chi connectivity index (χ4v) is 3.45. The molecule has 1 aromatic carbocycles. The summed E-state index contributed by atoms with van der Waals surface area (Å²) in [6.45, 7) is 9.05. The molecule has 1 aliphatic heterocycles. The second-order valence-corrected chi connectivity index (χ2v) is 6.70. The van der Waals surface area contributed by atoms with Gasteiger partial charge in [-0.3, -0.25) is 0 Å². The third-order valence-electron chi connectivity index (χ3n) is 5.02. The van der Waals surface area contributed by atoms with E-state index in [1.807, 2.05) is 0 Å². The van der Waals surface area contributed by atoms with E-state index in [4.69, 9.17) is 4.74 Å². The van der Waals surface area contributed by atoms with Gasteiger partial charge in [0.1, 0.15) is 5.75 Å². The summed E-state index contributed by atoms with van der Waals surface area (Å²) in [6.07, 6.45) is 2.76. The number of nitrogens with one attached hydrogen (secondary N) is 1. The van der Waals surface area contributed by atoms with E-state index in [1.54, 1.807) is 7.11 Å². The second kappa shape index (κ2) is 4.96. The molecule has 2 fully saturated rings. The van der Waals surface area contributed by atoms with Gasteiger partial charge >= 0.3 is 0 Å². The van der Waals surface area contributed by atoms with Gasteiger partial charge in [0.25, 0.3) is 0 Å². The van der Waals surface area contributed by atoms with Crippen molar-refractivity contribution >= 4 is 5.69 Å². The van der Waals surface area contributed by atoms with Gasteiger partial charge in [-0.1, -0.05) is 0 Å². The van der Waals surface area contributed by atoms with Crippen LogP contribution in [0.15, 0.2) is 18.2 Å². The third kappa shape index (κ3) is 2.39. The smallest absolute Gasteiger partial charge is 0.119 e. The topological polar surface area (TPSA) is 24.5 Å². The van der Waals surface area contributed by atoms with Crippen LogP contribution in [0, 0.1) is 12.8 Å². The Morgan fingerprint density at radius 2 is 2.10 bits per heavy atom. The number of ether oxygens (including phenoxy) is 1. The minimum atomic E-state index is 0.277. The van der Waals surface area contributed by atoms with Crippen molar-refractivity contribution in [3.8, 4) is 5.75 Å². The predicted molar refractivity (Wildman–Crippen MR) is 83.7 cm³/mol. The molecule has 1 saturated carbocycles. The van der Waals surface area contributed by atoms with E-state index < -0.39 is 0 Å². The fourth-order valence-electron chi connectivity index (χ4n) is 3.45. The Kier molecular flexibility index (Phi) is 3.41. The molecule has 0 spiro atoms. The zero-order chi connectivity index (χ0) is 14.3. The first-order chi connectivity index (χ1) is 9.53. The van der Waals surface area contributed by atoms with Gasteiger partial charge in [-0.15, -0.1) is 0 Å². The van der Waals surface area contributed by atoms with Gasteiger partial charge in [-0.2, -0.15) is 0 Å². The van der Waals surface area contributed by atoms with Crippen molar-refractivity contribution in [3.63, 3.8) is 0 Å². The zero-order valence-corrected chi connectivity index (χ0v) is 13.1. The molecule has 0 radical (unpaired) electrons. The molecule has 1 aliphatic carbocycles. The molecule has 1 heterocycles. The normalized spacial score (nSPS) is 30.4. The van der Waals surface area contributed by atoms with Gasteiger partial charge in [0.2, 0.25) is 0 Å². The van der Waals surface area contributed by atoms with Crippen LogP contribution in [0.2, 0.25) is 0 Å². The average Bonchev–Trinajstić information content (AvgIpc) is 3.27. The molecular formula is C17H26N2O. The molecule has 0 amide bonds. The van der Waals surface area contributed by atoms with Crippen molar-refractivity contribution in [2.24, 2.45) is 5.92 Å². The minimum absolute atomic E-state index is 0.277. The van der Waals surface area contributed by atoms with Gasteiger partial charge in [0, 0.05) is 30.4 Å². The molecule has 2 aliphatic rings. The van der Waals surface area contributed by atoms with Gasteiger partial charge in [0.05, 0.1) is 7.11 Å². The standard InChI is InChI=1S/C17H26N2O/c1-12-9-15(20-4)7-8-16(12)19-11-17(3,14-5-6-14)18-10-13(19)2/h7-9,13-14,18H,5-6,10-11H2,1-4H3. The lowest BCUT2D eigenvalue weighted by atomic mass is 9.90. The van der Waals surface area contributed by atoms with Crippen LogP contribution < -0.4 is 15.0 Å². The molecule has 0 aromatic heterocycles. The number of aryl methyl sites for hydroxylation is 1. The molecule has 2 unspecified atom stereocenters. The van der Waals surface area contributed by atoms with Gasteiger partial charge in [0.15, 0.2) is 0 Å². The van der Waals surface area contributed by atoms with Crippen LogP contribution >= 0.6 is 0 Å². The predicted octanol–water partition coefficient (Wildman–Crippen LogP) is 2.97. The van der Waals surface area contributed by atoms with E-state index in [-0.39, 0.29) is 5.54 Å². The van der Waals surface area contributed by atoms with Crippen LogP contribution in [-0.4, -0.2) is 31.8 Å². The van der Waals surface area contributed by atoms with E-state index in [9.17, 15) is 0 Å². The summed E-state index contributed by atoms with van der Waals surface area (Å²) < 4.78 is 5.32. The number of piperazine rings is 1. The Labute approximate surface area is 122 Å². The molecule has 3 heteroatoms. The highest BCUT2D eigenvalue weighted by Crippen LogP contribution is 2.42. The summed E-state index contributed by atoms with van der Waals surface area (Å²) in [7, 11) is 1.73. The molecule has 1 N–H and O–H groups in total. The molecule has 3 nitrogen and oxygen atoms in total. The van der Waals surface area contributed by atoms with Crippen LogP contribution in [-0.2, 0) is 0 Å². The van der Waals surface area contributed by atoms with Crippen molar-refractivity contribution in [1.29, 1.82) is 0 Å². The third-order valence-corrected chi connectivity index (χ3v) is 5.02. The highest BCUT2D eigenvalue weighted by molar-refractivity contribution is 5.57. The lowest BCUT2D eigenvalue weighted by molar-refractivity contribution is 0.260. The second-order valence-electron chi connectivity index (χ2n) is 6.70. The molecule has 3 rings (SSSR count). The van der Waals surface area contributed by atoms with E-state index >= 15 is 0 Å². The highest BCUT2D eigenvalue weighted by Gasteiger charge is 2.45. The van der Waals surface area contributed by atoms with Crippen LogP contribution in [0.25, 0.3) is 0 Å². The molecule has 2 atom stereocenters. The largest absolute Gasteiger partial charge is 0.497 e. The van der Waals surface area contributed by atoms with Crippen LogP contribution in [0.5, 0.6) is 5.75 Å². The number of hydrogen-bond donors (Lipinski definition) is 1. The Bertz CT molecular complexity index is 498. The molecular weight excluding hydrogens is 248 g/mol. The van der Waals surface area contributed by atoms with Crippen molar-refractivity contribution < 1.29 is 4.74 Å². The summed E-state index contributed by atoms with van der Waals surface area (Å²) >= 11 is 0. The van der Waals surface area contributed by atoms with Gasteiger partial charge in [-0.25, -0.2) is 0 Å². The van der Waals surface area contributed by atoms with Crippen LogP contribution in [0.4, 0.5) is 5.69 Å². The minimum Gasteiger partial charge on any atom is -0.497 e. The SMILES string of the molecule is COc1ccc(N2CC(C)(C3CC3)NCC2C)c(C)c1. The first kappa shape index (κ1) is 13.7. The lowest BCUT2D eigenvalue weighted by Gasteiger charge is -2.47. The lowest BCUT2D eigenvalue weighted by Crippen LogP contribution is -2.63. The average molecular weight is 274 g/mol. The Morgan fingerprint density at radius 1 is 1.35 bits per heavy atom. The van der Waals surface area contributed by atoms with Crippen molar-refractivity contribution in [1.82, 2.24) is 5.32 Å². The molecule has 20 heavy (non-hydrogen) atoms. The maximum atomic E-state index is 5.32. The monoisotopic (exact) mass is 274 g/mol. The maximum Gasteiger partial charge on any atom is 0.119 e.